The van der Waals surface area contributed by atoms with Crippen molar-refractivity contribution >= 4 is 34.6 Å². The van der Waals surface area contributed by atoms with Gasteiger partial charge in [-0.05, 0) is 66.3 Å². The quantitative estimate of drug-likeness (QED) is 0.376. The maximum Gasteiger partial charge on any atom is 0.231 e. The summed E-state index contributed by atoms with van der Waals surface area (Å²) < 4.78 is 0. The van der Waals surface area contributed by atoms with E-state index in [2.05, 4.69) is 66.0 Å². The molecular weight excluding hydrogens is 420 g/mol. The van der Waals surface area contributed by atoms with Gasteiger partial charge in [0.25, 0.3) is 0 Å². The fourth-order valence-corrected chi connectivity index (χ4v) is 5.76. The van der Waals surface area contributed by atoms with Crippen LogP contribution in [0.2, 0.25) is 0 Å². The first-order valence-corrected chi connectivity index (χ1v) is 12.3. The topological polar surface area (TPSA) is 65.1 Å². The molecule has 3 N–H and O–H groups in total. The van der Waals surface area contributed by atoms with E-state index in [-0.39, 0.29) is 0 Å². The molecule has 3 saturated carbocycles. The summed E-state index contributed by atoms with van der Waals surface area (Å²) in [6.45, 7) is 7.30. The normalized spacial score (nSPS) is 24.6. The van der Waals surface area contributed by atoms with Gasteiger partial charge < -0.3 is 20.9 Å². The Morgan fingerprint density at radius 3 is 2.32 bits per heavy atom. The zero-order chi connectivity index (χ0) is 23.9. The van der Waals surface area contributed by atoms with Crippen LogP contribution in [-0.2, 0) is 0 Å². The highest BCUT2D eigenvalue weighted by Crippen LogP contribution is 2.61. The number of rotatable bonds is 7. The molecule has 6 rings (SSSR count). The van der Waals surface area contributed by atoms with Crippen LogP contribution in [-0.4, -0.2) is 30.1 Å². The maximum absolute atomic E-state index is 4.72. The predicted molar refractivity (Wildman–Crippen MR) is 142 cm³/mol. The van der Waals surface area contributed by atoms with Crippen LogP contribution in [0.3, 0.4) is 0 Å². The van der Waals surface area contributed by atoms with E-state index in [0.717, 1.165) is 40.5 Å². The van der Waals surface area contributed by atoms with Crippen LogP contribution in [0.1, 0.15) is 33.6 Å². The zero-order valence-electron chi connectivity index (χ0n) is 20.8. The van der Waals surface area contributed by atoms with Crippen LogP contribution in [0.5, 0.6) is 0 Å². The lowest BCUT2D eigenvalue weighted by molar-refractivity contribution is -0.0950. The van der Waals surface area contributed by atoms with E-state index in [1.807, 2.05) is 55.4 Å². The molecular formula is C28H36N6. The van der Waals surface area contributed by atoms with Gasteiger partial charge in [-0.15, -0.1) is 0 Å². The van der Waals surface area contributed by atoms with Crippen molar-refractivity contribution in [1.82, 2.24) is 9.97 Å². The van der Waals surface area contributed by atoms with Crippen molar-refractivity contribution in [2.24, 2.45) is 23.2 Å². The number of hydrogen-bond acceptors (Lipinski definition) is 6. The molecule has 0 saturated heterocycles. The van der Waals surface area contributed by atoms with E-state index < -0.39 is 0 Å². The Labute approximate surface area is 203 Å². The van der Waals surface area contributed by atoms with Crippen molar-refractivity contribution in [3.05, 3.63) is 60.7 Å². The Hall–Kier alpha value is -3.28. The molecule has 1 heterocycles. The van der Waals surface area contributed by atoms with Gasteiger partial charge in [0.05, 0.1) is 0 Å². The number of nitrogens with one attached hydrogen (secondary N) is 3. The SMILES string of the molecule is C[C@H]1CC2CC([C@@H]1Nc1cccc(Nc3cc(N(C)C)nc(Nc4ccccc4)n3)c1)C2(C)C. The van der Waals surface area contributed by atoms with Crippen molar-refractivity contribution < 1.29 is 0 Å². The van der Waals surface area contributed by atoms with Gasteiger partial charge in [0.2, 0.25) is 5.95 Å². The minimum atomic E-state index is 0.450. The molecule has 3 aromatic rings. The Morgan fingerprint density at radius 2 is 1.59 bits per heavy atom. The van der Waals surface area contributed by atoms with Crippen molar-refractivity contribution in [1.29, 1.82) is 0 Å². The molecule has 0 radical (unpaired) electrons. The number of aromatic nitrogens is 2. The molecule has 178 valence electrons. The Morgan fingerprint density at radius 1 is 0.853 bits per heavy atom. The molecule has 6 heteroatoms. The number of fused-ring (bicyclic) bond motifs is 2. The van der Waals surface area contributed by atoms with Gasteiger partial charge >= 0.3 is 0 Å². The first kappa shape index (κ1) is 22.5. The van der Waals surface area contributed by atoms with Crippen LogP contribution < -0.4 is 20.9 Å². The largest absolute Gasteiger partial charge is 0.382 e. The molecule has 2 bridgehead atoms. The summed E-state index contributed by atoms with van der Waals surface area (Å²) in [6, 6.07) is 21.0. The summed E-state index contributed by atoms with van der Waals surface area (Å²) in [7, 11) is 3.97. The molecule has 4 atom stereocenters. The van der Waals surface area contributed by atoms with Gasteiger partial charge in [-0.1, -0.05) is 45.0 Å². The van der Waals surface area contributed by atoms with E-state index >= 15 is 0 Å². The number of para-hydroxylation sites is 1. The number of hydrogen-bond donors (Lipinski definition) is 3. The molecule has 2 unspecified atom stereocenters. The molecule has 2 aromatic carbocycles. The summed E-state index contributed by atoms with van der Waals surface area (Å²) in [5, 5.41) is 10.7. The van der Waals surface area contributed by atoms with Crippen molar-refractivity contribution in [2.45, 2.75) is 39.7 Å². The molecule has 1 aromatic heterocycles. The first-order chi connectivity index (χ1) is 16.3. The fourth-order valence-electron chi connectivity index (χ4n) is 5.76. The van der Waals surface area contributed by atoms with E-state index in [1.54, 1.807) is 0 Å². The summed E-state index contributed by atoms with van der Waals surface area (Å²) >= 11 is 0. The first-order valence-electron chi connectivity index (χ1n) is 12.3. The lowest BCUT2D eigenvalue weighted by atomic mass is 9.45. The molecule has 0 aliphatic heterocycles. The second kappa shape index (κ2) is 8.82. The third kappa shape index (κ3) is 4.41. The summed E-state index contributed by atoms with van der Waals surface area (Å²) in [5.74, 6) is 4.48. The van der Waals surface area contributed by atoms with Gasteiger partial charge in [-0.2, -0.15) is 9.97 Å². The highest BCUT2D eigenvalue weighted by atomic mass is 15.2. The lowest BCUT2D eigenvalue weighted by Gasteiger charge is -2.62. The van der Waals surface area contributed by atoms with E-state index in [4.69, 9.17) is 4.98 Å². The van der Waals surface area contributed by atoms with Crippen LogP contribution in [0, 0.1) is 23.2 Å². The van der Waals surface area contributed by atoms with Crippen molar-refractivity contribution in [3.63, 3.8) is 0 Å². The monoisotopic (exact) mass is 456 g/mol. The van der Waals surface area contributed by atoms with Gasteiger partial charge in [0.1, 0.15) is 11.6 Å². The Balaban J connectivity index is 1.35. The second-order valence-electron chi connectivity index (χ2n) is 10.8. The predicted octanol–water partition coefficient (Wildman–Crippen LogP) is 6.51. The van der Waals surface area contributed by atoms with E-state index in [0.29, 0.717) is 23.3 Å². The molecule has 3 fully saturated rings. The average molecular weight is 457 g/mol. The van der Waals surface area contributed by atoms with Gasteiger partial charge in [0.15, 0.2) is 0 Å². The molecule has 3 aliphatic rings. The van der Waals surface area contributed by atoms with Gasteiger partial charge in [-0.3, -0.25) is 0 Å². The lowest BCUT2D eigenvalue weighted by Crippen LogP contribution is -2.60. The number of anilines is 6. The summed E-state index contributed by atoms with van der Waals surface area (Å²) in [5.41, 5.74) is 3.57. The Kier molecular flexibility index (Phi) is 5.84. The van der Waals surface area contributed by atoms with Crippen LogP contribution in [0.15, 0.2) is 60.7 Å². The van der Waals surface area contributed by atoms with E-state index in [9.17, 15) is 0 Å². The maximum atomic E-state index is 4.72. The minimum absolute atomic E-state index is 0.450. The molecule has 0 spiro atoms. The third-order valence-electron chi connectivity index (χ3n) is 7.92. The average Bonchev–Trinajstić information content (AvgIpc) is 2.81. The highest BCUT2D eigenvalue weighted by molar-refractivity contribution is 5.66. The van der Waals surface area contributed by atoms with Crippen LogP contribution in [0.25, 0.3) is 0 Å². The molecule has 0 amide bonds. The Bertz CT molecular complexity index is 1140. The fraction of sp³-hybridized carbons (Fsp3) is 0.429. The van der Waals surface area contributed by atoms with Gasteiger partial charge in [0, 0.05) is 43.3 Å². The standard InChI is InChI=1S/C28H36N6/c1-18-14-19-15-23(28(19,2)3)26(18)30-22-13-9-12-21(16-22)29-24-17-25(34(4)5)33-27(32-24)31-20-10-7-6-8-11-20/h6-13,16-19,23,26,30H,14-15H2,1-5H3,(H2,29,31,32,33)/t18-,19?,23?,26+/m0/s1. The van der Waals surface area contributed by atoms with E-state index in [1.165, 1.54) is 12.8 Å². The highest BCUT2D eigenvalue weighted by Gasteiger charge is 2.56. The number of benzene rings is 2. The third-order valence-corrected chi connectivity index (χ3v) is 7.92. The van der Waals surface area contributed by atoms with Crippen LogP contribution >= 0.6 is 0 Å². The van der Waals surface area contributed by atoms with Crippen molar-refractivity contribution in [3.8, 4) is 0 Å². The molecule has 34 heavy (non-hydrogen) atoms. The minimum Gasteiger partial charge on any atom is -0.382 e. The number of nitrogens with zero attached hydrogens (tertiary/aromatic N) is 3. The molecule has 3 aliphatic carbocycles. The van der Waals surface area contributed by atoms with Gasteiger partial charge in [-0.25, -0.2) is 0 Å². The smallest absolute Gasteiger partial charge is 0.231 e. The van der Waals surface area contributed by atoms with Crippen molar-refractivity contribution in [2.75, 3.05) is 34.9 Å². The zero-order valence-corrected chi connectivity index (χ0v) is 20.8. The summed E-state index contributed by atoms with van der Waals surface area (Å²) in [6.07, 6.45) is 2.68. The van der Waals surface area contributed by atoms with Crippen LogP contribution in [0.4, 0.5) is 34.6 Å². The summed E-state index contributed by atoms with van der Waals surface area (Å²) in [4.78, 5) is 11.4. The molecule has 6 nitrogen and oxygen atoms in total. The second-order valence-corrected chi connectivity index (χ2v) is 10.8.